The Balaban J connectivity index is 0.900. The molecule has 3 heterocycles. The number of aromatic nitrogens is 6. The topological polar surface area (TPSA) is 77.3 Å². The van der Waals surface area contributed by atoms with Gasteiger partial charge in [-0.25, -0.2) is 29.9 Å². The molecule has 2 aliphatic rings. The molecule has 0 N–H and O–H groups in total. The van der Waals surface area contributed by atoms with E-state index in [1.54, 1.807) is 0 Å². The van der Waals surface area contributed by atoms with Crippen LogP contribution < -0.4 is 0 Å². The van der Waals surface area contributed by atoms with Gasteiger partial charge in [0.2, 0.25) is 0 Å². The van der Waals surface area contributed by atoms with Crippen LogP contribution in [0.2, 0.25) is 0 Å². The zero-order chi connectivity index (χ0) is 59.1. The summed E-state index contributed by atoms with van der Waals surface area (Å²) in [5, 5.41) is 0.953. The number of hydrogen-bond acceptors (Lipinski definition) is 6. The minimum Gasteiger partial charge on any atom is -0.228 e. The molecule has 416 valence electrons. The highest BCUT2D eigenvalue weighted by Crippen LogP contribution is 2.52. The lowest BCUT2D eigenvalue weighted by molar-refractivity contribution is 0.660. The van der Waals surface area contributed by atoms with Crippen molar-refractivity contribution in [2.75, 3.05) is 0 Å². The molecule has 16 rings (SSSR count). The average Bonchev–Trinajstić information content (AvgIpc) is 1.56. The first-order chi connectivity index (χ1) is 43.1. The summed E-state index contributed by atoms with van der Waals surface area (Å²) in [5.74, 6) is 1.96. The Morgan fingerprint density at radius 2 is 0.557 bits per heavy atom. The minimum atomic E-state index is -0.217. The maximum Gasteiger partial charge on any atom is 0.160 e. The number of benzene rings is 11. The number of nitrogens with zero attached hydrogens (tertiary/aromatic N) is 6. The predicted molar refractivity (Wildman–Crippen MR) is 360 cm³/mol. The fraction of sp³-hybridized carbons (Fsp3) is 0.0732. The molecule has 11 aromatic carbocycles. The van der Waals surface area contributed by atoms with Gasteiger partial charge in [-0.3, -0.25) is 0 Å². The van der Waals surface area contributed by atoms with Crippen LogP contribution in [-0.4, -0.2) is 29.9 Å². The minimum absolute atomic E-state index is 0.183. The lowest BCUT2D eigenvalue weighted by Crippen LogP contribution is -2.15. The SMILES string of the molecule is CC1(C)c2ccccc2-c2ccc(-c3cc(-c4ccc5c(c4)C(C)(C)c4ccccc4-5)c4nc(-c5ccc(-c6cc(-c7ccccc7)nc(-c7ccccc7)n6)cc5)nc(-c5ccc(-c6cc(-c7ccccc7)nc(-c7ccccc7)n6)cc5)c4c3)cc21. The molecule has 14 aromatic rings. The maximum absolute atomic E-state index is 5.72. The van der Waals surface area contributed by atoms with E-state index in [1.807, 2.05) is 60.7 Å². The highest BCUT2D eigenvalue weighted by Gasteiger charge is 2.37. The second kappa shape index (κ2) is 20.9. The van der Waals surface area contributed by atoms with Crippen molar-refractivity contribution in [3.8, 4) is 135 Å². The molecule has 0 amide bonds. The molecule has 0 unspecified atom stereocenters. The van der Waals surface area contributed by atoms with Gasteiger partial charge in [0.25, 0.3) is 0 Å². The lowest BCUT2D eigenvalue weighted by Gasteiger charge is -2.23. The second-order valence-electron chi connectivity index (χ2n) is 24.2. The zero-order valence-corrected chi connectivity index (χ0v) is 49.2. The first-order valence-corrected chi connectivity index (χ1v) is 30.2. The van der Waals surface area contributed by atoms with Crippen molar-refractivity contribution < 1.29 is 0 Å². The summed E-state index contributed by atoms with van der Waals surface area (Å²) >= 11 is 0. The van der Waals surface area contributed by atoms with Gasteiger partial charge in [-0.15, -0.1) is 0 Å². The van der Waals surface area contributed by atoms with Crippen LogP contribution in [0.25, 0.3) is 146 Å². The summed E-state index contributed by atoms with van der Waals surface area (Å²) in [4.78, 5) is 32.0. The molecular formula is C82H58N6. The van der Waals surface area contributed by atoms with Crippen LogP contribution in [0.4, 0.5) is 0 Å². The molecule has 0 atom stereocenters. The standard InChI is InChI=1S/C82H58N6/c1-81(2)68-31-19-17-29-62(68)64-43-41-59(47-70(64)81)61-45-66(60-42-44-65-63-30-18-20-32-69(63)82(3,4)71(65)48-60)77-67(46-61)76(55-37-33-53(34-38-55)74-49-72(51-21-9-5-10-22-51)83-78(85-74)56-25-13-7-14-26-56)87-80(88-77)58-39-35-54(36-40-58)75-50-73(52-23-11-6-12-24-52)84-79(86-75)57-27-15-8-16-28-57/h5-50H,1-4H3. The van der Waals surface area contributed by atoms with Gasteiger partial charge < -0.3 is 0 Å². The Bertz CT molecular complexity index is 4920. The molecule has 2 aliphatic carbocycles. The van der Waals surface area contributed by atoms with Crippen molar-refractivity contribution in [2.45, 2.75) is 38.5 Å². The van der Waals surface area contributed by atoms with Crippen molar-refractivity contribution in [3.05, 3.63) is 301 Å². The van der Waals surface area contributed by atoms with Gasteiger partial charge in [0.15, 0.2) is 17.5 Å². The smallest absolute Gasteiger partial charge is 0.160 e. The van der Waals surface area contributed by atoms with Gasteiger partial charge >= 0.3 is 0 Å². The molecule has 0 bridgehead atoms. The van der Waals surface area contributed by atoms with Crippen LogP contribution in [0.15, 0.2) is 279 Å². The van der Waals surface area contributed by atoms with E-state index in [0.29, 0.717) is 17.5 Å². The van der Waals surface area contributed by atoms with Gasteiger partial charge in [-0.05, 0) is 97.6 Å². The summed E-state index contributed by atoms with van der Waals surface area (Å²) in [6.07, 6.45) is 0. The third-order valence-corrected chi connectivity index (χ3v) is 18.2. The van der Waals surface area contributed by atoms with E-state index in [1.165, 1.54) is 44.5 Å². The highest BCUT2D eigenvalue weighted by molar-refractivity contribution is 6.05. The Labute approximate surface area is 512 Å². The molecule has 0 aliphatic heterocycles. The quantitative estimate of drug-likeness (QED) is 0.136. The molecule has 0 saturated carbocycles. The van der Waals surface area contributed by atoms with Crippen LogP contribution in [-0.2, 0) is 10.8 Å². The fourth-order valence-electron chi connectivity index (χ4n) is 13.4. The van der Waals surface area contributed by atoms with Crippen LogP contribution in [0.5, 0.6) is 0 Å². The van der Waals surface area contributed by atoms with Gasteiger partial charge in [-0.1, -0.05) is 270 Å². The van der Waals surface area contributed by atoms with E-state index >= 15 is 0 Å². The summed E-state index contributed by atoms with van der Waals surface area (Å²) in [5.41, 5.74) is 27.2. The molecule has 0 spiro atoms. The first kappa shape index (κ1) is 52.5. The summed E-state index contributed by atoms with van der Waals surface area (Å²) in [7, 11) is 0. The fourth-order valence-corrected chi connectivity index (χ4v) is 13.4. The van der Waals surface area contributed by atoms with E-state index in [2.05, 4.69) is 246 Å². The molecule has 6 nitrogen and oxygen atoms in total. The van der Waals surface area contributed by atoms with E-state index in [4.69, 9.17) is 29.9 Å². The highest BCUT2D eigenvalue weighted by atomic mass is 14.9. The zero-order valence-electron chi connectivity index (χ0n) is 49.2. The Morgan fingerprint density at radius 1 is 0.216 bits per heavy atom. The Hall–Kier alpha value is -11.1. The van der Waals surface area contributed by atoms with E-state index in [0.717, 1.165) is 106 Å². The van der Waals surface area contributed by atoms with Crippen LogP contribution in [0.1, 0.15) is 49.9 Å². The van der Waals surface area contributed by atoms with Crippen LogP contribution >= 0.6 is 0 Å². The number of hydrogen-bond donors (Lipinski definition) is 0. The van der Waals surface area contributed by atoms with Crippen LogP contribution in [0, 0.1) is 0 Å². The third kappa shape index (κ3) is 9.03. The van der Waals surface area contributed by atoms with Crippen molar-refractivity contribution in [1.82, 2.24) is 29.9 Å². The van der Waals surface area contributed by atoms with E-state index in [9.17, 15) is 0 Å². The Kier molecular flexibility index (Phi) is 12.4. The molecule has 3 aromatic heterocycles. The van der Waals surface area contributed by atoms with Gasteiger partial charge in [-0.2, -0.15) is 0 Å². The molecule has 0 radical (unpaired) electrons. The van der Waals surface area contributed by atoms with Crippen molar-refractivity contribution in [3.63, 3.8) is 0 Å². The van der Waals surface area contributed by atoms with E-state index < -0.39 is 0 Å². The van der Waals surface area contributed by atoms with Gasteiger partial charge in [0, 0.05) is 66.3 Å². The second-order valence-corrected chi connectivity index (χ2v) is 24.2. The van der Waals surface area contributed by atoms with Crippen molar-refractivity contribution in [2.24, 2.45) is 0 Å². The van der Waals surface area contributed by atoms with E-state index in [-0.39, 0.29) is 10.8 Å². The largest absolute Gasteiger partial charge is 0.228 e. The molecular weight excluding hydrogens is 1070 g/mol. The molecule has 6 heteroatoms. The van der Waals surface area contributed by atoms with Gasteiger partial charge in [0.05, 0.1) is 34.0 Å². The lowest BCUT2D eigenvalue weighted by atomic mass is 9.81. The summed E-state index contributed by atoms with van der Waals surface area (Å²) in [6.45, 7) is 9.41. The monoisotopic (exact) mass is 1130 g/mol. The van der Waals surface area contributed by atoms with Crippen molar-refractivity contribution >= 4 is 10.9 Å². The third-order valence-electron chi connectivity index (χ3n) is 18.2. The summed E-state index contributed by atoms with van der Waals surface area (Å²) in [6, 6.07) is 99.0. The normalized spacial score (nSPS) is 13.2. The van der Waals surface area contributed by atoms with Gasteiger partial charge in [0.1, 0.15) is 0 Å². The number of rotatable bonds is 10. The Morgan fingerprint density at radius 3 is 1.03 bits per heavy atom. The average molecular weight is 1130 g/mol. The van der Waals surface area contributed by atoms with Crippen molar-refractivity contribution in [1.29, 1.82) is 0 Å². The first-order valence-electron chi connectivity index (χ1n) is 30.2. The number of fused-ring (bicyclic) bond motifs is 7. The maximum atomic E-state index is 5.72. The molecule has 0 fully saturated rings. The molecule has 88 heavy (non-hydrogen) atoms. The summed E-state index contributed by atoms with van der Waals surface area (Å²) < 4.78 is 0. The van der Waals surface area contributed by atoms with Crippen LogP contribution in [0.3, 0.4) is 0 Å². The molecule has 0 saturated heterocycles. The predicted octanol–water partition coefficient (Wildman–Crippen LogP) is 20.5.